The lowest BCUT2D eigenvalue weighted by Gasteiger charge is -2.00. The average molecular weight is 218 g/mol. The third kappa shape index (κ3) is 1.03. The van der Waals surface area contributed by atoms with E-state index < -0.39 is 0 Å². The minimum absolute atomic E-state index is 0.0591. The third-order valence-electron chi connectivity index (χ3n) is 1.74. The van der Waals surface area contributed by atoms with E-state index in [-0.39, 0.29) is 24.2 Å². The van der Waals surface area contributed by atoms with Crippen LogP contribution in [0.1, 0.15) is 0 Å². The molecule has 0 unspecified atom stereocenters. The summed E-state index contributed by atoms with van der Waals surface area (Å²) in [7, 11) is 0. The van der Waals surface area contributed by atoms with Crippen molar-refractivity contribution in [2.75, 3.05) is 6.61 Å². The van der Waals surface area contributed by atoms with Gasteiger partial charge in [0.2, 0.25) is 0 Å². The Morgan fingerprint density at radius 1 is 1.19 bits per heavy atom. The largest absolute Gasteiger partial charge is 0.448 e. The summed E-state index contributed by atoms with van der Waals surface area (Å²) in [6, 6.07) is 1.87. The molecule has 0 atom stereocenters. The van der Waals surface area contributed by atoms with Crippen molar-refractivity contribution in [1.82, 2.24) is 45.1 Å². The molecule has 0 aliphatic rings. The Morgan fingerprint density at radius 2 is 2.00 bits per heavy atom. The monoisotopic (exact) mass is 218 g/mol. The number of fused-ring (bicyclic) bond motifs is 3. The molecule has 3 aromatic rings. The fourth-order valence-electron chi connectivity index (χ4n) is 1.14. The second-order valence-electron chi connectivity index (χ2n) is 2.62. The van der Waals surface area contributed by atoms with Crippen LogP contribution in [0.25, 0.3) is 11.6 Å². The number of ether oxygens (including phenoxy) is 1. The number of tetrazole rings is 2. The summed E-state index contributed by atoms with van der Waals surface area (Å²) in [6.07, 6.45) is 0. The van der Waals surface area contributed by atoms with Gasteiger partial charge in [0, 0.05) is 0 Å². The molecule has 78 valence electrons. The van der Waals surface area contributed by atoms with Gasteiger partial charge in [0.1, 0.15) is 6.07 Å². The number of hydrogen-bond donors (Lipinski definition) is 0. The fraction of sp³-hybridized carbons (Fsp3) is 0.200. The molecule has 0 spiro atoms. The van der Waals surface area contributed by atoms with Gasteiger partial charge in [-0.1, -0.05) is 10.2 Å². The number of nitrogens with zero attached hydrogens (tertiary/aromatic N) is 10. The van der Waals surface area contributed by atoms with Crippen LogP contribution in [0.5, 0.6) is 6.01 Å². The van der Waals surface area contributed by atoms with Gasteiger partial charge >= 0.3 is 6.01 Å². The van der Waals surface area contributed by atoms with Crippen molar-refractivity contribution in [3.8, 4) is 12.1 Å². The highest BCUT2D eigenvalue weighted by Gasteiger charge is 2.13. The molecule has 0 amide bonds. The molecule has 3 heterocycles. The number of nitriles is 1. The molecule has 0 aliphatic heterocycles. The third-order valence-corrected chi connectivity index (χ3v) is 1.74. The molecular formula is C5H2N10O. The van der Waals surface area contributed by atoms with Gasteiger partial charge in [-0.2, -0.15) is 10.2 Å². The minimum atomic E-state index is -0.167. The Bertz CT molecular complexity index is 690. The van der Waals surface area contributed by atoms with Crippen LogP contribution in [0, 0.1) is 11.3 Å². The molecule has 0 fully saturated rings. The Labute approximate surface area is 86.3 Å². The highest BCUT2D eigenvalue weighted by Crippen LogP contribution is 2.08. The fourth-order valence-corrected chi connectivity index (χ4v) is 1.14. The second kappa shape index (κ2) is 3.05. The molecule has 16 heavy (non-hydrogen) atoms. The van der Waals surface area contributed by atoms with E-state index in [0.29, 0.717) is 0 Å². The summed E-state index contributed by atoms with van der Waals surface area (Å²) >= 11 is 0. The zero-order chi connectivity index (χ0) is 11.0. The first kappa shape index (κ1) is 8.41. The Morgan fingerprint density at radius 3 is 2.88 bits per heavy atom. The Kier molecular flexibility index (Phi) is 1.60. The molecule has 0 saturated carbocycles. The molecule has 0 radical (unpaired) electrons. The minimum Gasteiger partial charge on any atom is -0.448 e. The van der Waals surface area contributed by atoms with Crippen LogP contribution in [0.15, 0.2) is 0 Å². The van der Waals surface area contributed by atoms with Crippen LogP contribution in [0.2, 0.25) is 0 Å². The first-order chi connectivity index (χ1) is 7.90. The Hall–Kier alpha value is -2.90. The van der Waals surface area contributed by atoms with Crippen molar-refractivity contribution >= 4 is 11.6 Å². The molecule has 3 rings (SSSR count). The molecule has 0 saturated heterocycles. The maximum atomic E-state index is 8.41. The number of aromatic nitrogens is 9. The summed E-state index contributed by atoms with van der Waals surface area (Å²) in [5.41, 5.74) is 0. The van der Waals surface area contributed by atoms with E-state index in [4.69, 9.17) is 10.00 Å². The van der Waals surface area contributed by atoms with Gasteiger partial charge in [0.05, 0.1) is 0 Å². The zero-order valence-corrected chi connectivity index (χ0v) is 7.59. The summed E-state index contributed by atoms with van der Waals surface area (Å²) in [4.78, 5) is 3.95. The average Bonchev–Trinajstić information content (AvgIpc) is 2.92. The lowest BCUT2D eigenvalue weighted by Crippen LogP contribution is -2.08. The SMILES string of the molecule is N#CCOc1nc2nnnn2c2nnnn12. The standard InChI is InChI=1S/C5H2N10O/c6-1-2-16-5-7-3-8-10-12-14(3)4-9-11-13-15(4)5/h2H2. The van der Waals surface area contributed by atoms with E-state index >= 15 is 0 Å². The van der Waals surface area contributed by atoms with Gasteiger partial charge in [0.25, 0.3) is 11.6 Å². The van der Waals surface area contributed by atoms with E-state index in [1.807, 2.05) is 6.07 Å². The van der Waals surface area contributed by atoms with Crippen molar-refractivity contribution in [2.45, 2.75) is 0 Å². The highest BCUT2D eigenvalue weighted by atomic mass is 16.5. The number of hydrogen-bond acceptors (Lipinski definition) is 9. The van der Waals surface area contributed by atoms with Gasteiger partial charge in [0.15, 0.2) is 6.61 Å². The van der Waals surface area contributed by atoms with E-state index in [9.17, 15) is 0 Å². The van der Waals surface area contributed by atoms with E-state index in [0.717, 1.165) is 0 Å². The van der Waals surface area contributed by atoms with Gasteiger partial charge < -0.3 is 4.74 Å². The van der Waals surface area contributed by atoms with Gasteiger partial charge in [-0.3, -0.25) is 0 Å². The van der Waals surface area contributed by atoms with Crippen LogP contribution < -0.4 is 4.74 Å². The van der Waals surface area contributed by atoms with E-state index in [1.165, 1.54) is 9.03 Å². The van der Waals surface area contributed by atoms with Gasteiger partial charge in [-0.25, -0.2) is 0 Å². The summed E-state index contributed by atoms with van der Waals surface area (Å²) in [5, 5.41) is 29.9. The first-order valence-electron chi connectivity index (χ1n) is 4.06. The van der Waals surface area contributed by atoms with Crippen LogP contribution in [-0.2, 0) is 0 Å². The molecule has 0 aromatic carbocycles. The highest BCUT2D eigenvalue weighted by molar-refractivity contribution is 5.38. The lowest BCUT2D eigenvalue weighted by molar-refractivity contribution is 0.325. The second-order valence-corrected chi connectivity index (χ2v) is 2.62. The van der Waals surface area contributed by atoms with E-state index in [2.05, 4.69) is 36.0 Å². The molecule has 11 heteroatoms. The normalized spacial score (nSPS) is 10.7. The van der Waals surface area contributed by atoms with Crippen LogP contribution in [0.3, 0.4) is 0 Å². The van der Waals surface area contributed by atoms with Crippen molar-refractivity contribution in [3.05, 3.63) is 0 Å². The van der Waals surface area contributed by atoms with Crippen LogP contribution in [-0.4, -0.2) is 51.7 Å². The quantitative estimate of drug-likeness (QED) is 0.472. The van der Waals surface area contributed by atoms with Crippen molar-refractivity contribution in [3.63, 3.8) is 0 Å². The smallest absolute Gasteiger partial charge is 0.326 e. The first-order valence-corrected chi connectivity index (χ1v) is 4.06. The van der Waals surface area contributed by atoms with Crippen LogP contribution >= 0.6 is 0 Å². The molecule has 0 bridgehead atoms. The Balaban J connectivity index is 2.31. The predicted octanol–water partition coefficient (Wildman–Crippen LogP) is -2.14. The van der Waals surface area contributed by atoms with Crippen molar-refractivity contribution in [2.24, 2.45) is 0 Å². The topological polar surface area (TPSA) is 132 Å². The predicted molar refractivity (Wildman–Crippen MR) is 44.0 cm³/mol. The summed E-state index contributed by atoms with van der Waals surface area (Å²) < 4.78 is 7.49. The molecule has 0 N–H and O–H groups in total. The van der Waals surface area contributed by atoms with Crippen molar-refractivity contribution < 1.29 is 4.74 Å². The van der Waals surface area contributed by atoms with Crippen LogP contribution in [0.4, 0.5) is 0 Å². The van der Waals surface area contributed by atoms with Crippen molar-refractivity contribution in [1.29, 1.82) is 5.26 Å². The lowest BCUT2D eigenvalue weighted by atomic mass is 10.8. The molecule has 11 nitrogen and oxygen atoms in total. The molecule has 3 aromatic heterocycles. The summed E-state index contributed by atoms with van der Waals surface area (Å²) in [6.45, 7) is -0.167. The maximum absolute atomic E-state index is 8.41. The van der Waals surface area contributed by atoms with E-state index in [1.54, 1.807) is 0 Å². The van der Waals surface area contributed by atoms with Gasteiger partial charge in [-0.15, -0.1) is 9.03 Å². The van der Waals surface area contributed by atoms with Gasteiger partial charge in [-0.05, 0) is 20.9 Å². The maximum Gasteiger partial charge on any atom is 0.326 e. The zero-order valence-electron chi connectivity index (χ0n) is 7.59. The number of rotatable bonds is 2. The summed E-state index contributed by atoms with van der Waals surface area (Å²) in [5.74, 6) is 0.443. The molecular weight excluding hydrogens is 216 g/mol. The molecule has 0 aliphatic carbocycles.